The summed E-state index contributed by atoms with van der Waals surface area (Å²) in [5.74, 6) is -0.0220. The Morgan fingerprint density at radius 1 is 1.36 bits per heavy atom. The topological polar surface area (TPSA) is 92.9 Å². The van der Waals surface area contributed by atoms with Gasteiger partial charge in [-0.2, -0.15) is 0 Å². The van der Waals surface area contributed by atoms with Crippen molar-refractivity contribution >= 4 is 29.3 Å². The second kappa shape index (κ2) is 6.98. The van der Waals surface area contributed by atoms with Crippen LogP contribution in [0.25, 0.3) is 11.0 Å². The van der Waals surface area contributed by atoms with E-state index in [1.54, 1.807) is 4.57 Å². The van der Waals surface area contributed by atoms with E-state index in [9.17, 15) is 9.59 Å². The molecule has 120 valence electrons. The van der Waals surface area contributed by atoms with Crippen LogP contribution in [0.15, 0.2) is 29.1 Å². The van der Waals surface area contributed by atoms with Gasteiger partial charge in [0.25, 0.3) is 0 Å². The smallest absolute Gasteiger partial charge is 0.326 e. The van der Waals surface area contributed by atoms with E-state index in [2.05, 4.69) is 10.3 Å². The first kappa shape index (κ1) is 16.6. The van der Waals surface area contributed by atoms with E-state index in [0.717, 1.165) is 30.3 Å². The molecule has 0 bridgehead atoms. The molecule has 1 heterocycles. The maximum absolute atomic E-state index is 12.0. The molecule has 2 aromatic rings. The molecule has 1 saturated carbocycles. The predicted molar refractivity (Wildman–Crippen MR) is 88.2 cm³/mol. The summed E-state index contributed by atoms with van der Waals surface area (Å²) < 4.78 is 1.61. The number of fused-ring (bicyclic) bond motifs is 1. The summed E-state index contributed by atoms with van der Waals surface area (Å²) in [5.41, 5.74) is 7.29. The van der Waals surface area contributed by atoms with Gasteiger partial charge in [-0.1, -0.05) is 12.1 Å². The number of aryl methyl sites for hydroxylation is 1. The number of amides is 1. The molecule has 1 aromatic carbocycles. The fourth-order valence-electron chi connectivity index (χ4n) is 2.99. The van der Waals surface area contributed by atoms with E-state index in [-0.39, 0.29) is 36.1 Å². The zero-order chi connectivity index (χ0) is 14.8. The molecule has 0 spiro atoms. The SMILES string of the molecule is Cl.N[C@@H]1CC[C@@H](NC(=O)CCn2c(=O)[nH]c3ccccc32)C1. The number of nitrogens with zero attached hydrogens (tertiary/aromatic N) is 1. The highest BCUT2D eigenvalue weighted by atomic mass is 35.5. The number of aromatic nitrogens is 2. The number of hydrogen-bond acceptors (Lipinski definition) is 3. The number of carbonyl (C=O) groups is 1. The molecule has 1 aliphatic carbocycles. The number of benzene rings is 1. The molecule has 0 saturated heterocycles. The Labute approximate surface area is 134 Å². The van der Waals surface area contributed by atoms with Crippen LogP contribution in [0.4, 0.5) is 0 Å². The third kappa shape index (κ3) is 3.51. The van der Waals surface area contributed by atoms with Gasteiger partial charge in [0.05, 0.1) is 11.0 Å². The third-order valence-electron chi connectivity index (χ3n) is 4.08. The average Bonchev–Trinajstić information content (AvgIpc) is 2.99. The van der Waals surface area contributed by atoms with Crippen LogP contribution < -0.4 is 16.7 Å². The number of nitrogens with two attached hydrogens (primary N) is 1. The number of imidazole rings is 1. The average molecular weight is 325 g/mol. The zero-order valence-corrected chi connectivity index (χ0v) is 13.1. The molecule has 0 aliphatic heterocycles. The second-order valence-corrected chi connectivity index (χ2v) is 5.69. The first-order valence-corrected chi connectivity index (χ1v) is 7.36. The number of hydrogen-bond donors (Lipinski definition) is 3. The minimum atomic E-state index is -0.174. The van der Waals surface area contributed by atoms with Crippen molar-refractivity contribution in [2.75, 3.05) is 0 Å². The molecule has 1 aliphatic rings. The van der Waals surface area contributed by atoms with Crippen molar-refractivity contribution in [2.24, 2.45) is 5.73 Å². The molecular weight excluding hydrogens is 304 g/mol. The highest BCUT2D eigenvalue weighted by Gasteiger charge is 2.22. The fourth-order valence-corrected chi connectivity index (χ4v) is 2.99. The summed E-state index contributed by atoms with van der Waals surface area (Å²) in [4.78, 5) is 26.7. The van der Waals surface area contributed by atoms with E-state index in [1.807, 2.05) is 24.3 Å². The lowest BCUT2D eigenvalue weighted by Gasteiger charge is -2.12. The van der Waals surface area contributed by atoms with Gasteiger partial charge in [-0.15, -0.1) is 12.4 Å². The quantitative estimate of drug-likeness (QED) is 0.787. The predicted octanol–water partition coefficient (Wildman–Crippen LogP) is 1.14. The molecule has 1 aromatic heterocycles. The molecule has 4 N–H and O–H groups in total. The van der Waals surface area contributed by atoms with Gasteiger partial charge in [-0.3, -0.25) is 9.36 Å². The Hall–Kier alpha value is -1.79. The van der Waals surface area contributed by atoms with Crippen molar-refractivity contribution in [1.82, 2.24) is 14.9 Å². The Kier molecular flexibility index (Phi) is 5.26. The normalized spacial score (nSPS) is 20.8. The maximum Gasteiger partial charge on any atom is 0.326 e. The van der Waals surface area contributed by atoms with Crippen molar-refractivity contribution in [3.05, 3.63) is 34.7 Å². The Morgan fingerprint density at radius 2 is 2.14 bits per heavy atom. The maximum atomic E-state index is 12.0. The van der Waals surface area contributed by atoms with Gasteiger partial charge in [-0.25, -0.2) is 4.79 Å². The summed E-state index contributed by atoms with van der Waals surface area (Å²) in [7, 11) is 0. The number of carbonyl (C=O) groups excluding carboxylic acids is 1. The molecule has 22 heavy (non-hydrogen) atoms. The molecule has 0 unspecified atom stereocenters. The standard InChI is InChI=1S/C15H20N4O2.ClH/c16-10-5-6-11(9-10)17-14(20)7-8-19-13-4-2-1-3-12(13)18-15(19)21;/h1-4,10-11H,5-9,16H2,(H,17,20)(H,18,21);1H/t10-,11-;/m1./s1. The first-order valence-electron chi connectivity index (χ1n) is 7.36. The summed E-state index contributed by atoms with van der Waals surface area (Å²) in [5, 5.41) is 2.99. The Morgan fingerprint density at radius 3 is 2.86 bits per heavy atom. The number of para-hydroxylation sites is 2. The van der Waals surface area contributed by atoms with Gasteiger partial charge in [-0.05, 0) is 31.4 Å². The van der Waals surface area contributed by atoms with E-state index in [4.69, 9.17) is 5.73 Å². The van der Waals surface area contributed by atoms with Crippen LogP contribution in [0.1, 0.15) is 25.7 Å². The fraction of sp³-hybridized carbons (Fsp3) is 0.467. The molecule has 3 rings (SSSR count). The van der Waals surface area contributed by atoms with Gasteiger partial charge in [0.2, 0.25) is 5.91 Å². The highest BCUT2D eigenvalue weighted by molar-refractivity contribution is 5.85. The minimum Gasteiger partial charge on any atom is -0.353 e. The zero-order valence-electron chi connectivity index (χ0n) is 12.2. The molecule has 7 heteroatoms. The van der Waals surface area contributed by atoms with Crippen LogP contribution in [-0.4, -0.2) is 27.5 Å². The van der Waals surface area contributed by atoms with Gasteiger partial charge < -0.3 is 16.0 Å². The summed E-state index contributed by atoms with van der Waals surface area (Å²) in [6.45, 7) is 0.382. The number of rotatable bonds is 4. The lowest BCUT2D eigenvalue weighted by molar-refractivity contribution is -0.121. The molecular formula is C15H21ClN4O2. The molecule has 1 amide bonds. The summed E-state index contributed by atoms with van der Waals surface area (Å²) >= 11 is 0. The molecule has 2 atom stereocenters. The summed E-state index contributed by atoms with van der Waals surface area (Å²) in [6, 6.07) is 7.87. The highest BCUT2D eigenvalue weighted by Crippen LogP contribution is 2.17. The van der Waals surface area contributed by atoms with Crippen LogP contribution in [-0.2, 0) is 11.3 Å². The minimum absolute atomic E-state index is 0. The Balaban J connectivity index is 0.00000176. The van der Waals surface area contributed by atoms with E-state index < -0.39 is 0 Å². The van der Waals surface area contributed by atoms with Gasteiger partial charge in [0.15, 0.2) is 0 Å². The number of H-pyrrole nitrogens is 1. The van der Waals surface area contributed by atoms with Crippen molar-refractivity contribution < 1.29 is 4.79 Å². The molecule has 0 radical (unpaired) electrons. The largest absolute Gasteiger partial charge is 0.353 e. The van der Waals surface area contributed by atoms with Crippen LogP contribution >= 0.6 is 12.4 Å². The monoisotopic (exact) mass is 324 g/mol. The van der Waals surface area contributed by atoms with Crippen molar-refractivity contribution in [3.8, 4) is 0 Å². The van der Waals surface area contributed by atoms with E-state index in [1.165, 1.54) is 0 Å². The Bertz CT molecular complexity index is 709. The van der Waals surface area contributed by atoms with Crippen LogP contribution in [0.2, 0.25) is 0 Å². The molecule has 6 nitrogen and oxygen atoms in total. The van der Waals surface area contributed by atoms with Gasteiger partial charge >= 0.3 is 5.69 Å². The van der Waals surface area contributed by atoms with Crippen molar-refractivity contribution in [1.29, 1.82) is 0 Å². The second-order valence-electron chi connectivity index (χ2n) is 5.69. The lowest BCUT2D eigenvalue weighted by atomic mass is 10.2. The summed E-state index contributed by atoms with van der Waals surface area (Å²) in [6.07, 6.45) is 3.05. The number of nitrogens with one attached hydrogen (secondary N) is 2. The van der Waals surface area contributed by atoms with Gasteiger partial charge in [0.1, 0.15) is 0 Å². The third-order valence-corrected chi connectivity index (χ3v) is 4.08. The number of halogens is 1. The van der Waals surface area contributed by atoms with Crippen LogP contribution in [0.5, 0.6) is 0 Å². The van der Waals surface area contributed by atoms with E-state index >= 15 is 0 Å². The van der Waals surface area contributed by atoms with Crippen LogP contribution in [0, 0.1) is 0 Å². The van der Waals surface area contributed by atoms with Crippen molar-refractivity contribution in [3.63, 3.8) is 0 Å². The lowest BCUT2D eigenvalue weighted by Crippen LogP contribution is -2.35. The van der Waals surface area contributed by atoms with E-state index in [0.29, 0.717) is 13.0 Å². The molecule has 1 fully saturated rings. The number of aromatic amines is 1. The van der Waals surface area contributed by atoms with Crippen molar-refractivity contribution in [2.45, 2.75) is 44.3 Å². The van der Waals surface area contributed by atoms with Crippen LogP contribution in [0.3, 0.4) is 0 Å². The van der Waals surface area contributed by atoms with Gasteiger partial charge in [0, 0.05) is 25.0 Å². The first-order chi connectivity index (χ1) is 10.1.